The molecule has 0 N–H and O–H groups in total. The first-order valence-electron chi connectivity index (χ1n) is 7.12. The van der Waals surface area contributed by atoms with Crippen molar-refractivity contribution in [1.29, 1.82) is 0 Å². The zero-order valence-electron chi connectivity index (χ0n) is 13.7. The van der Waals surface area contributed by atoms with Crippen LogP contribution in [-0.2, 0) is 6.42 Å². The molecule has 1 aromatic heterocycles. The fourth-order valence-electron chi connectivity index (χ4n) is 2.72. The number of aromatic nitrogens is 1. The minimum absolute atomic E-state index is 0. The molecule has 0 fully saturated rings. The highest BCUT2D eigenvalue weighted by Crippen LogP contribution is 2.41. The number of fused-ring (bicyclic) bond motifs is 1. The Labute approximate surface area is 163 Å². The molecule has 1 aliphatic rings. The maximum Gasteiger partial charge on any atom is 0.124 e. The van der Waals surface area contributed by atoms with Gasteiger partial charge in [-0.2, -0.15) is 0 Å². The molecule has 2 heterocycles. The Morgan fingerprint density at radius 1 is 1.17 bits per heavy atom. The van der Waals surface area contributed by atoms with Gasteiger partial charge in [0.25, 0.3) is 0 Å². The van der Waals surface area contributed by atoms with Crippen LogP contribution in [0.4, 0.5) is 0 Å². The van der Waals surface area contributed by atoms with Crippen LogP contribution in [0, 0.1) is 0 Å². The van der Waals surface area contributed by atoms with Gasteiger partial charge in [-0.1, -0.05) is 22.0 Å². The number of aliphatic imine (C=N–C) groups is 1. The average molecular weight is 433 g/mol. The molecule has 24 heavy (non-hydrogen) atoms. The highest BCUT2D eigenvalue weighted by molar-refractivity contribution is 9.10. The lowest BCUT2D eigenvalue weighted by Crippen LogP contribution is -2.29. The zero-order valence-corrected chi connectivity index (χ0v) is 16.9. The number of nitrogens with zero attached hydrogens (tertiary/aromatic N) is 3. The van der Waals surface area contributed by atoms with Gasteiger partial charge >= 0.3 is 0 Å². The first-order chi connectivity index (χ1) is 10.6. The summed E-state index contributed by atoms with van der Waals surface area (Å²) >= 11 is 3.67. The molecule has 0 saturated heterocycles. The minimum atomic E-state index is -0.144. The summed E-state index contributed by atoms with van der Waals surface area (Å²) in [7, 11) is 5.74. The Bertz CT molecular complexity index is 723. The summed E-state index contributed by atoms with van der Waals surface area (Å²) in [4.78, 5) is 11.5. The van der Waals surface area contributed by atoms with E-state index in [9.17, 15) is 0 Å². The molecular formula is C17H20BrCl2N3O. The number of hydrogen-bond acceptors (Lipinski definition) is 4. The third kappa shape index (κ3) is 3.85. The van der Waals surface area contributed by atoms with Crippen LogP contribution in [-0.4, -0.2) is 36.9 Å². The van der Waals surface area contributed by atoms with E-state index in [2.05, 4.69) is 25.8 Å². The van der Waals surface area contributed by atoms with Crippen molar-refractivity contribution in [1.82, 2.24) is 9.88 Å². The number of methoxy groups -OCH3 is 1. The first-order valence-corrected chi connectivity index (χ1v) is 7.91. The smallest absolute Gasteiger partial charge is 0.124 e. The quantitative estimate of drug-likeness (QED) is 0.709. The third-order valence-electron chi connectivity index (χ3n) is 3.85. The van der Waals surface area contributed by atoms with Crippen LogP contribution in [0.3, 0.4) is 0 Å². The third-order valence-corrected chi connectivity index (χ3v) is 4.59. The van der Waals surface area contributed by atoms with Gasteiger partial charge in [0.05, 0.1) is 12.8 Å². The predicted octanol–water partition coefficient (Wildman–Crippen LogP) is 4.30. The summed E-state index contributed by atoms with van der Waals surface area (Å²) < 4.78 is 6.67. The van der Waals surface area contributed by atoms with Gasteiger partial charge in [0, 0.05) is 36.7 Å². The highest BCUT2D eigenvalue weighted by atomic mass is 79.9. The first kappa shape index (κ1) is 20.7. The molecule has 3 rings (SSSR count). The Morgan fingerprint density at radius 2 is 1.92 bits per heavy atom. The summed E-state index contributed by atoms with van der Waals surface area (Å²) in [6.07, 6.45) is 2.59. The van der Waals surface area contributed by atoms with E-state index in [1.807, 2.05) is 44.4 Å². The van der Waals surface area contributed by atoms with Gasteiger partial charge in [-0.3, -0.25) is 9.98 Å². The maximum absolute atomic E-state index is 5.58. The largest absolute Gasteiger partial charge is 0.496 e. The molecule has 1 unspecified atom stereocenters. The summed E-state index contributed by atoms with van der Waals surface area (Å²) in [5.41, 5.74) is 3.24. The number of halogens is 3. The van der Waals surface area contributed by atoms with Crippen molar-refractivity contribution in [2.45, 2.75) is 12.5 Å². The second kappa shape index (κ2) is 8.70. The summed E-state index contributed by atoms with van der Waals surface area (Å²) in [5.74, 6) is 1.90. The Morgan fingerprint density at radius 3 is 2.50 bits per heavy atom. The van der Waals surface area contributed by atoms with Gasteiger partial charge in [-0.25, -0.2) is 0 Å². The van der Waals surface area contributed by atoms with E-state index in [4.69, 9.17) is 9.73 Å². The van der Waals surface area contributed by atoms with Crippen molar-refractivity contribution in [3.63, 3.8) is 0 Å². The molecule has 130 valence electrons. The Hall–Kier alpha value is -1.30. The molecule has 1 aliphatic heterocycles. The molecule has 4 nitrogen and oxygen atoms in total. The summed E-state index contributed by atoms with van der Waals surface area (Å²) in [6.45, 7) is 0. The van der Waals surface area contributed by atoms with Crippen molar-refractivity contribution >= 4 is 46.6 Å². The Kier molecular flexibility index (Phi) is 7.52. The van der Waals surface area contributed by atoms with Crippen LogP contribution in [0.1, 0.15) is 22.9 Å². The lowest BCUT2D eigenvalue weighted by Gasteiger charge is -2.29. The van der Waals surface area contributed by atoms with Crippen LogP contribution >= 0.6 is 40.7 Å². The lowest BCUT2D eigenvalue weighted by atomic mass is 9.91. The number of pyridine rings is 1. The van der Waals surface area contributed by atoms with Crippen LogP contribution in [0.5, 0.6) is 5.75 Å². The standard InChI is InChI=1S/C17H18BrN3O.2ClH/c1-21(2)15-10-11-12(18)7-8-14(22-3)16(11)17(20-15)13-6-4-5-9-19-13;;/h4-9,17H,10H2,1-3H3;2*1H. The van der Waals surface area contributed by atoms with Crippen LogP contribution in [0.15, 0.2) is 46.0 Å². The minimum Gasteiger partial charge on any atom is -0.496 e. The van der Waals surface area contributed by atoms with Gasteiger partial charge in [-0.15, -0.1) is 24.8 Å². The molecule has 7 heteroatoms. The van der Waals surface area contributed by atoms with Crippen molar-refractivity contribution in [2.75, 3.05) is 21.2 Å². The monoisotopic (exact) mass is 431 g/mol. The zero-order chi connectivity index (χ0) is 15.7. The molecule has 0 spiro atoms. The number of hydrogen-bond donors (Lipinski definition) is 0. The number of rotatable bonds is 2. The number of benzene rings is 1. The van der Waals surface area contributed by atoms with E-state index in [1.165, 1.54) is 5.56 Å². The topological polar surface area (TPSA) is 37.7 Å². The molecule has 0 saturated carbocycles. The molecule has 1 aromatic carbocycles. The van der Waals surface area contributed by atoms with E-state index in [0.717, 1.165) is 33.7 Å². The van der Waals surface area contributed by atoms with E-state index < -0.39 is 0 Å². The SMILES string of the molecule is COc1ccc(Br)c2c1C(c1ccccn1)N=C(N(C)C)C2.Cl.Cl. The molecule has 0 radical (unpaired) electrons. The van der Waals surface area contributed by atoms with E-state index >= 15 is 0 Å². The van der Waals surface area contributed by atoms with Crippen LogP contribution in [0.2, 0.25) is 0 Å². The number of amidine groups is 1. The van der Waals surface area contributed by atoms with Gasteiger partial charge in [0.15, 0.2) is 0 Å². The molecule has 0 amide bonds. The second-order valence-electron chi connectivity index (χ2n) is 5.42. The lowest BCUT2D eigenvalue weighted by molar-refractivity contribution is 0.405. The van der Waals surface area contributed by atoms with Gasteiger partial charge < -0.3 is 9.64 Å². The van der Waals surface area contributed by atoms with Gasteiger partial charge in [-0.05, 0) is 29.8 Å². The van der Waals surface area contributed by atoms with E-state index in [0.29, 0.717) is 0 Å². The average Bonchev–Trinajstić information content (AvgIpc) is 2.55. The Balaban J connectivity index is 0.00000144. The molecule has 0 bridgehead atoms. The van der Waals surface area contributed by atoms with Crippen molar-refractivity contribution in [3.8, 4) is 5.75 Å². The number of ether oxygens (including phenoxy) is 1. The van der Waals surface area contributed by atoms with Gasteiger partial charge in [0.2, 0.25) is 0 Å². The van der Waals surface area contributed by atoms with Crippen LogP contribution in [0.25, 0.3) is 0 Å². The van der Waals surface area contributed by atoms with Gasteiger partial charge in [0.1, 0.15) is 17.6 Å². The summed E-state index contributed by atoms with van der Waals surface area (Å²) in [6, 6.07) is 9.79. The van der Waals surface area contributed by atoms with Crippen LogP contribution < -0.4 is 4.74 Å². The van der Waals surface area contributed by atoms with Crippen molar-refractivity contribution < 1.29 is 4.74 Å². The van der Waals surface area contributed by atoms with E-state index in [1.54, 1.807) is 13.3 Å². The summed E-state index contributed by atoms with van der Waals surface area (Å²) in [5, 5.41) is 0. The highest BCUT2D eigenvalue weighted by Gasteiger charge is 2.29. The second-order valence-corrected chi connectivity index (χ2v) is 6.27. The predicted molar refractivity (Wildman–Crippen MR) is 106 cm³/mol. The maximum atomic E-state index is 5.58. The fraction of sp³-hybridized carbons (Fsp3) is 0.294. The number of likely N-dealkylation sites (N-methyl/N-ethyl adjacent to an activating group) is 1. The molecule has 2 aromatic rings. The van der Waals surface area contributed by atoms with Crippen molar-refractivity contribution in [2.24, 2.45) is 4.99 Å². The van der Waals surface area contributed by atoms with Crippen molar-refractivity contribution in [3.05, 3.63) is 57.8 Å². The normalized spacial score (nSPS) is 15.3. The fourth-order valence-corrected chi connectivity index (χ4v) is 3.20. The van der Waals surface area contributed by atoms with E-state index in [-0.39, 0.29) is 30.9 Å². The molecule has 0 aliphatic carbocycles. The molecule has 1 atom stereocenters. The molecular weight excluding hydrogens is 413 g/mol.